The summed E-state index contributed by atoms with van der Waals surface area (Å²) >= 11 is 5.72. The zero-order chi connectivity index (χ0) is 21.5. The number of ether oxygens (including phenoxy) is 3. The molecule has 0 radical (unpaired) electrons. The maximum atomic E-state index is 13.3. The third-order valence-electron chi connectivity index (χ3n) is 5.46. The molecule has 8 heteroatoms. The molecule has 166 valence electrons. The van der Waals surface area contributed by atoms with Gasteiger partial charge in [-0.2, -0.15) is 0 Å². The van der Waals surface area contributed by atoms with Gasteiger partial charge in [0.25, 0.3) is 0 Å². The quantitative estimate of drug-likeness (QED) is 0.627. The zero-order valence-electron chi connectivity index (χ0n) is 17.5. The van der Waals surface area contributed by atoms with Gasteiger partial charge in [0.2, 0.25) is 6.79 Å². The van der Waals surface area contributed by atoms with Crippen LogP contribution in [0.2, 0.25) is 0 Å². The lowest BCUT2D eigenvalue weighted by Gasteiger charge is -2.29. The number of morpholine rings is 1. The number of benzene rings is 2. The van der Waals surface area contributed by atoms with Gasteiger partial charge in [0.05, 0.1) is 13.2 Å². The molecule has 1 N–H and O–H groups in total. The second-order valence-corrected chi connectivity index (χ2v) is 8.09. The van der Waals surface area contributed by atoms with Gasteiger partial charge in [0.1, 0.15) is 5.82 Å². The van der Waals surface area contributed by atoms with Crippen LogP contribution < -0.4 is 14.8 Å². The van der Waals surface area contributed by atoms with Crippen LogP contribution in [0.5, 0.6) is 11.5 Å². The van der Waals surface area contributed by atoms with E-state index in [2.05, 4.69) is 15.1 Å². The van der Waals surface area contributed by atoms with E-state index >= 15 is 0 Å². The number of rotatable bonds is 8. The highest BCUT2D eigenvalue weighted by molar-refractivity contribution is 7.80. The predicted molar refractivity (Wildman–Crippen MR) is 121 cm³/mol. The lowest BCUT2D eigenvalue weighted by atomic mass is 10.2. The highest BCUT2D eigenvalue weighted by Crippen LogP contribution is 2.32. The van der Waals surface area contributed by atoms with Crippen molar-refractivity contribution in [1.29, 1.82) is 0 Å². The molecule has 0 unspecified atom stereocenters. The molecule has 2 aromatic carbocycles. The maximum absolute atomic E-state index is 13.3. The zero-order valence-corrected chi connectivity index (χ0v) is 18.3. The molecule has 2 aliphatic rings. The van der Waals surface area contributed by atoms with Crippen LogP contribution in [0.4, 0.5) is 4.39 Å². The van der Waals surface area contributed by atoms with Crippen molar-refractivity contribution in [2.24, 2.45) is 0 Å². The summed E-state index contributed by atoms with van der Waals surface area (Å²) in [6, 6.07) is 12.5. The minimum Gasteiger partial charge on any atom is -0.454 e. The van der Waals surface area contributed by atoms with Crippen LogP contribution in [0, 0.1) is 5.82 Å². The van der Waals surface area contributed by atoms with E-state index < -0.39 is 0 Å². The van der Waals surface area contributed by atoms with Gasteiger partial charge in [-0.1, -0.05) is 18.2 Å². The number of thiocarbonyl (C=S) groups is 1. The van der Waals surface area contributed by atoms with Crippen LogP contribution in [-0.2, 0) is 17.8 Å². The predicted octanol–water partition coefficient (Wildman–Crippen LogP) is 3.15. The van der Waals surface area contributed by atoms with E-state index in [0.29, 0.717) is 18.2 Å². The first-order valence-corrected chi connectivity index (χ1v) is 11.0. The van der Waals surface area contributed by atoms with Crippen molar-refractivity contribution in [3.05, 3.63) is 59.4 Å². The molecule has 2 aliphatic heterocycles. The topological polar surface area (TPSA) is 46.2 Å². The molecule has 2 aromatic rings. The molecular weight excluding hydrogens is 417 g/mol. The van der Waals surface area contributed by atoms with E-state index in [1.54, 1.807) is 0 Å². The fourth-order valence-electron chi connectivity index (χ4n) is 3.71. The first-order valence-electron chi connectivity index (χ1n) is 10.6. The van der Waals surface area contributed by atoms with E-state index in [-0.39, 0.29) is 12.6 Å². The largest absolute Gasteiger partial charge is 0.454 e. The number of nitrogens with zero attached hydrogens (tertiary/aromatic N) is 2. The van der Waals surface area contributed by atoms with Crippen LogP contribution >= 0.6 is 12.2 Å². The van der Waals surface area contributed by atoms with Crippen LogP contribution in [0.1, 0.15) is 17.5 Å². The fraction of sp³-hybridized carbons (Fsp3) is 0.435. The minimum atomic E-state index is -0.230. The molecule has 0 aliphatic carbocycles. The minimum absolute atomic E-state index is 0.230. The highest BCUT2D eigenvalue weighted by atomic mass is 32.1. The van der Waals surface area contributed by atoms with E-state index in [4.69, 9.17) is 26.4 Å². The Bertz CT molecular complexity index is 875. The normalized spacial score (nSPS) is 15.6. The van der Waals surface area contributed by atoms with E-state index in [1.165, 1.54) is 12.1 Å². The summed E-state index contributed by atoms with van der Waals surface area (Å²) in [6.45, 7) is 6.88. The van der Waals surface area contributed by atoms with Gasteiger partial charge in [-0.25, -0.2) is 4.39 Å². The Labute approximate surface area is 187 Å². The second-order valence-electron chi connectivity index (χ2n) is 7.70. The molecule has 0 amide bonds. The molecule has 1 fully saturated rings. The molecule has 0 spiro atoms. The van der Waals surface area contributed by atoms with Gasteiger partial charge in [-0.05, 0) is 54.0 Å². The molecule has 0 atom stereocenters. The summed E-state index contributed by atoms with van der Waals surface area (Å²) in [5.41, 5.74) is 2.10. The van der Waals surface area contributed by atoms with Gasteiger partial charge < -0.3 is 24.4 Å². The first-order chi connectivity index (χ1) is 15.2. The van der Waals surface area contributed by atoms with Crippen LogP contribution in [-0.4, -0.2) is 61.1 Å². The summed E-state index contributed by atoms with van der Waals surface area (Å²) in [6.07, 6.45) is 0.993. The van der Waals surface area contributed by atoms with Gasteiger partial charge in [0, 0.05) is 39.3 Å². The molecule has 0 bridgehead atoms. The van der Waals surface area contributed by atoms with Crippen molar-refractivity contribution in [1.82, 2.24) is 15.1 Å². The number of fused-ring (bicyclic) bond motifs is 1. The van der Waals surface area contributed by atoms with Crippen molar-refractivity contribution in [2.45, 2.75) is 19.5 Å². The summed E-state index contributed by atoms with van der Waals surface area (Å²) in [5, 5.41) is 4.05. The maximum Gasteiger partial charge on any atom is 0.231 e. The highest BCUT2D eigenvalue weighted by Gasteiger charge is 2.16. The standard InChI is InChI=1S/C23H28FN3O3S/c24-20-5-2-18(3-6-20)16-27(9-1-8-26-10-12-28-13-11-26)23(31)25-15-19-4-7-21-22(14-19)30-17-29-21/h2-7,14H,1,8-13,15-17H2,(H,25,31). The molecule has 2 heterocycles. The van der Waals surface area contributed by atoms with Crippen molar-refractivity contribution >= 4 is 17.3 Å². The lowest BCUT2D eigenvalue weighted by molar-refractivity contribution is 0.0367. The molecule has 4 rings (SSSR count). The summed E-state index contributed by atoms with van der Waals surface area (Å²) in [7, 11) is 0. The van der Waals surface area contributed by atoms with Gasteiger partial charge in [-0.15, -0.1) is 0 Å². The van der Waals surface area contributed by atoms with Crippen LogP contribution in [0.15, 0.2) is 42.5 Å². The summed E-state index contributed by atoms with van der Waals surface area (Å²) in [5.74, 6) is 1.30. The Morgan fingerprint density at radius 3 is 2.58 bits per heavy atom. The van der Waals surface area contributed by atoms with Gasteiger partial charge in [0.15, 0.2) is 16.6 Å². The Balaban J connectivity index is 1.34. The first kappa shape index (κ1) is 21.8. The number of hydrogen-bond donors (Lipinski definition) is 1. The SMILES string of the molecule is Fc1ccc(CN(CCCN2CCOCC2)C(=S)NCc2ccc3c(c2)OCO3)cc1. The Morgan fingerprint density at radius 1 is 1.03 bits per heavy atom. The van der Waals surface area contributed by atoms with Crippen LogP contribution in [0.3, 0.4) is 0 Å². The lowest BCUT2D eigenvalue weighted by Crippen LogP contribution is -2.42. The monoisotopic (exact) mass is 445 g/mol. The summed E-state index contributed by atoms with van der Waals surface area (Å²) < 4.78 is 29.6. The molecule has 31 heavy (non-hydrogen) atoms. The van der Waals surface area contributed by atoms with Crippen molar-refractivity contribution < 1.29 is 18.6 Å². The smallest absolute Gasteiger partial charge is 0.231 e. The van der Waals surface area contributed by atoms with Gasteiger partial charge >= 0.3 is 0 Å². The average Bonchev–Trinajstić information content (AvgIpc) is 3.27. The van der Waals surface area contributed by atoms with Crippen molar-refractivity contribution in [3.8, 4) is 11.5 Å². The molecule has 0 aromatic heterocycles. The Morgan fingerprint density at radius 2 is 1.77 bits per heavy atom. The number of halogens is 1. The molecule has 0 saturated carbocycles. The summed E-state index contributed by atoms with van der Waals surface area (Å²) in [4.78, 5) is 4.57. The van der Waals surface area contributed by atoms with E-state index in [1.807, 2.05) is 30.3 Å². The average molecular weight is 446 g/mol. The Hall–Kier alpha value is -2.42. The van der Waals surface area contributed by atoms with Crippen molar-refractivity contribution in [2.75, 3.05) is 46.2 Å². The van der Waals surface area contributed by atoms with Gasteiger partial charge in [-0.3, -0.25) is 4.90 Å². The molecular formula is C23H28FN3O3S. The number of nitrogens with one attached hydrogen (secondary N) is 1. The molecule has 6 nitrogen and oxygen atoms in total. The third-order valence-corrected chi connectivity index (χ3v) is 5.86. The fourth-order valence-corrected chi connectivity index (χ4v) is 3.94. The van der Waals surface area contributed by atoms with Crippen LogP contribution in [0.25, 0.3) is 0 Å². The second kappa shape index (κ2) is 10.7. The Kier molecular flexibility index (Phi) is 7.56. The third kappa shape index (κ3) is 6.29. The number of hydrogen-bond acceptors (Lipinski definition) is 5. The van der Waals surface area contributed by atoms with E-state index in [0.717, 1.165) is 68.4 Å². The molecule has 1 saturated heterocycles. The van der Waals surface area contributed by atoms with E-state index in [9.17, 15) is 4.39 Å². The van der Waals surface area contributed by atoms with Crippen molar-refractivity contribution in [3.63, 3.8) is 0 Å².